The largest absolute Gasteiger partial charge is 0.444 e. The molecule has 0 spiro atoms. The Hall–Kier alpha value is -3.77. The molecule has 2 bridgehead atoms. The van der Waals surface area contributed by atoms with Crippen LogP contribution in [0.4, 0.5) is 9.18 Å². The third-order valence-corrected chi connectivity index (χ3v) is 8.92. The quantitative estimate of drug-likeness (QED) is 0.435. The number of hydrogen-bond acceptors (Lipinski definition) is 6. The Bertz CT molecular complexity index is 1400. The zero-order valence-electron chi connectivity index (χ0n) is 25.5. The van der Waals surface area contributed by atoms with E-state index in [1.165, 1.54) is 6.07 Å². The van der Waals surface area contributed by atoms with Gasteiger partial charge in [-0.05, 0) is 94.3 Å². The number of fused-ring (bicyclic) bond motifs is 2. The smallest absolute Gasteiger partial charge is 0.411 e. The Morgan fingerprint density at radius 1 is 1.02 bits per heavy atom. The third-order valence-electron chi connectivity index (χ3n) is 8.92. The number of Topliss-reactive ketones (excluding diaryl/α,β-unsaturated/α-hetero) is 1. The monoisotopic (exact) mass is 588 g/mol. The number of likely N-dealkylation sites (N-methyl/N-ethyl adjacent to an activating group) is 1. The van der Waals surface area contributed by atoms with Gasteiger partial charge in [0.1, 0.15) is 11.4 Å². The van der Waals surface area contributed by atoms with Gasteiger partial charge < -0.3 is 14.5 Å². The normalized spacial score (nSPS) is 22.7. The maximum absolute atomic E-state index is 15.3. The number of nitrogens with zero attached hydrogens (tertiary/aromatic N) is 4. The molecule has 3 fully saturated rings. The summed E-state index contributed by atoms with van der Waals surface area (Å²) in [5, 5.41) is 9.88. The van der Waals surface area contributed by atoms with Gasteiger partial charge in [0.25, 0.3) is 5.91 Å². The second-order valence-electron chi connectivity index (χ2n) is 13.2. The molecule has 3 aliphatic rings. The molecular weight excluding hydrogens is 547 g/mol. The number of hydrogen-bond donors (Lipinski definition) is 0. The summed E-state index contributed by atoms with van der Waals surface area (Å²) in [6.45, 7) is 8.49. The van der Waals surface area contributed by atoms with Gasteiger partial charge in [-0.1, -0.05) is 24.3 Å². The second kappa shape index (κ2) is 12.5. The van der Waals surface area contributed by atoms with Crippen LogP contribution in [0.5, 0.6) is 0 Å². The molecule has 0 aromatic heterocycles. The lowest BCUT2D eigenvalue weighted by atomic mass is 9.87. The summed E-state index contributed by atoms with van der Waals surface area (Å²) < 4.78 is 20.9. The summed E-state index contributed by atoms with van der Waals surface area (Å²) in [5.74, 6) is -1.25. The molecule has 2 aromatic carbocycles. The molecule has 2 amide bonds. The number of ether oxygens (including phenoxy) is 1. The van der Waals surface area contributed by atoms with Gasteiger partial charge in [0.05, 0.1) is 18.0 Å². The zero-order chi connectivity index (χ0) is 30.9. The minimum Gasteiger partial charge on any atom is -0.444 e. The first kappa shape index (κ1) is 30.7. The summed E-state index contributed by atoms with van der Waals surface area (Å²) in [6, 6.07) is 13.7. The van der Waals surface area contributed by atoms with E-state index in [0.717, 1.165) is 37.9 Å². The first-order chi connectivity index (χ1) is 20.4. The maximum atomic E-state index is 15.3. The van der Waals surface area contributed by atoms with Gasteiger partial charge >= 0.3 is 6.09 Å². The topological polar surface area (TPSA) is 94.0 Å². The highest BCUT2D eigenvalue weighted by molar-refractivity contribution is 5.95. The number of piperidine rings is 1. The van der Waals surface area contributed by atoms with Crippen molar-refractivity contribution in [1.82, 2.24) is 14.7 Å². The molecular formula is C34H41FN4O4. The van der Waals surface area contributed by atoms with E-state index in [9.17, 15) is 19.6 Å². The Morgan fingerprint density at radius 3 is 2.33 bits per heavy atom. The van der Waals surface area contributed by atoms with Gasteiger partial charge in [-0.15, -0.1) is 0 Å². The molecule has 0 unspecified atom stereocenters. The van der Waals surface area contributed by atoms with E-state index in [1.54, 1.807) is 49.9 Å². The summed E-state index contributed by atoms with van der Waals surface area (Å²) >= 11 is 0. The molecule has 9 heteroatoms. The lowest BCUT2D eigenvalue weighted by molar-refractivity contribution is -0.126. The zero-order valence-corrected chi connectivity index (χ0v) is 25.5. The fourth-order valence-electron chi connectivity index (χ4n) is 6.66. The van der Waals surface area contributed by atoms with Crippen LogP contribution in [0.1, 0.15) is 62.4 Å². The highest BCUT2D eigenvalue weighted by Crippen LogP contribution is 2.44. The molecule has 1 aliphatic carbocycles. The highest BCUT2D eigenvalue weighted by Gasteiger charge is 2.52. The summed E-state index contributed by atoms with van der Waals surface area (Å²) in [6.07, 6.45) is 2.06. The lowest BCUT2D eigenvalue weighted by Crippen LogP contribution is -2.51. The van der Waals surface area contributed by atoms with Crippen LogP contribution in [-0.4, -0.2) is 83.4 Å². The minimum atomic E-state index is -0.715. The van der Waals surface area contributed by atoms with Crippen LogP contribution in [0.3, 0.4) is 0 Å². The second-order valence-corrected chi connectivity index (χ2v) is 13.2. The lowest BCUT2D eigenvalue weighted by Gasteiger charge is -2.35. The van der Waals surface area contributed by atoms with Gasteiger partial charge in [0.15, 0.2) is 5.78 Å². The van der Waals surface area contributed by atoms with Crippen LogP contribution in [-0.2, 0) is 16.0 Å². The Kier molecular flexibility index (Phi) is 8.89. The number of piperazine rings is 1. The number of ketones is 1. The number of likely N-dealkylation sites (tertiary alicyclic amines) is 1. The average molecular weight is 589 g/mol. The van der Waals surface area contributed by atoms with Gasteiger partial charge in [-0.3, -0.25) is 14.5 Å². The van der Waals surface area contributed by atoms with E-state index in [1.807, 2.05) is 24.1 Å². The van der Waals surface area contributed by atoms with Crippen molar-refractivity contribution in [2.45, 2.75) is 70.6 Å². The van der Waals surface area contributed by atoms with E-state index in [-0.39, 0.29) is 36.5 Å². The molecule has 0 radical (unpaired) electrons. The van der Waals surface area contributed by atoms with Gasteiger partial charge in [-0.25, -0.2) is 9.18 Å². The van der Waals surface area contributed by atoms with Crippen molar-refractivity contribution in [1.29, 1.82) is 5.26 Å². The fourth-order valence-corrected chi connectivity index (χ4v) is 6.66. The van der Waals surface area contributed by atoms with Crippen LogP contribution in [0, 0.1) is 29.0 Å². The molecule has 0 N–H and O–H groups in total. The van der Waals surface area contributed by atoms with Crippen LogP contribution in [0.25, 0.3) is 11.1 Å². The van der Waals surface area contributed by atoms with Crippen LogP contribution in [0.15, 0.2) is 42.5 Å². The molecule has 2 aliphatic heterocycles. The van der Waals surface area contributed by atoms with E-state index in [0.29, 0.717) is 29.8 Å². The standard InChI is InChI=1S/C34H41FN4O4/c1-34(2,3)43-33(42)39-28-12-11-27(19-28)31(39)30(40)18-22(21-36)17-26-10-9-25(20-29(26)35)23-5-7-24(8-6-23)32(41)38-15-13-37(4)14-16-38/h5-10,20,22,27-28,31H,11-19H2,1-4H3/t22-,27+,28-,31+/m1/s1. The molecule has 2 heterocycles. The van der Waals surface area contributed by atoms with Gasteiger partial charge in [-0.2, -0.15) is 5.26 Å². The van der Waals surface area contributed by atoms with E-state index >= 15 is 4.39 Å². The van der Waals surface area contributed by atoms with Gasteiger partial charge in [0, 0.05) is 44.2 Å². The molecule has 228 valence electrons. The first-order valence-electron chi connectivity index (χ1n) is 15.2. The minimum absolute atomic E-state index is 0.00193. The molecule has 1 saturated carbocycles. The van der Waals surface area contributed by atoms with Crippen LogP contribution in [0.2, 0.25) is 0 Å². The van der Waals surface area contributed by atoms with Crippen molar-refractivity contribution in [2.75, 3.05) is 33.2 Å². The van der Waals surface area contributed by atoms with Crippen molar-refractivity contribution >= 4 is 17.8 Å². The predicted octanol–water partition coefficient (Wildman–Crippen LogP) is 5.31. The molecule has 2 aromatic rings. The molecule has 5 rings (SSSR count). The van der Waals surface area contributed by atoms with Crippen molar-refractivity contribution in [3.05, 3.63) is 59.4 Å². The maximum Gasteiger partial charge on any atom is 0.411 e. The Labute approximate surface area is 253 Å². The molecule has 43 heavy (non-hydrogen) atoms. The number of carbonyl (C=O) groups excluding carboxylic acids is 3. The van der Waals surface area contributed by atoms with E-state index < -0.39 is 29.5 Å². The number of benzene rings is 2. The summed E-state index contributed by atoms with van der Waals surface area (Å²) in [4.78, 5) is 44.9. The van der Waals surface area contributed by atoms with Crippen molar-refractivity contribution in [3.63, 3.8) is 0 Å². The number of carbonyl (C=O) groups is 3. The van der Waals surface area contributed by atoms with Crippen molar-refractivity contribution in [3.8, 4) is 17.2 Å². The third kappa shape index (κ3) is 6.91. The molecule has 2 saturated heterocycles. The van der Waals surface area contributed by atoms with Crippen LogP contribution < -0.4 is 0 Å². The average Bonchev–Trinajstić information content (AvgIpc) is 3.59. The Morgan fingerprint density at radius 2 is 1.70 bits per heavy atom. The van der Waals surface area contributed by atoms with Crippen molar-refractivity contribution < 1.29 is 23.5 Å². The predicted molar refractivity (Wildman–Crippen MR) is 161 cm³/mol. The molecule has 8 nitrogen and oxygen atoms in total. The molecule has 4 atom stereocenters. The first-order valence-corrected chi connectivity index (χ1v) is 15.2. The van der Waals surface area contributed by atoms with E-state index in [4.69, 9.17) is 4.74 Å². The number of halogens is 1. The SMILES string of the molecule is CN1CCN(C(=O)c2ccc(-c3ccc(C[C@@H](C#N)CC(=O)[C@@H]4[C@H]5CC[C@H](C5)N4C(=O)OC(C)(C)C)c(F)c3)cc2)CC1. The summed E-state index contributed by atoms with van der Waals surface area (Å²) in [5.41, 5.74) is 1.75. The number of nitriles is 1. The highest BCUT2D eigenvalue weighted by atomic mass is 19.1. The van der Waals surface area contributed by atoms with Gasteiger partial charge in [0.2, 0.25) is 0 Å². The summed E-state index contributed by atoms with van der Waals surface area (Å²) in [7, 11) is 2.04. The number of amides is 2. The number of rotatable bonds is 7. The fraction of sp³-hybridized carbons (Fsp3) is 0.529. The van der Waals surface area contributed by atoms with Crippen molar-refractivity contribution in [2.24, 2.45) is 11.8 Å². The Balaban J connectivity index is 1.22. The van der Waals surface area contributed by atoms with Crippen LogP contribution >= 0.6 is 0 Å². The van der Waals surface area contributed by atoms with E-state index in [2.05, 4.69) is 11.0 Å².